The lowest BCUT2D eigenvalue weighted by Gasteiger charge is -2.50. The number of primary amides is 1. The summed E-state index contributed by atoms with van der Waals surface area (Å²) in [5.41, 5.74) is 4.04. The van der Waals surface area contributed by atoms with Crippen LogP contribution in [0.5, 0.6) is 11.5 Å². The summed E-state index contributed by atoms with van der Waals surface area (Å²) in [6.45, 7) is 1.92. The summed E-state index contributed by atoms with van der Waals surface area (Å²) in [6.07, 6.45) is 0.812. The molecule has 3 aliphatic rings. The van der Waals surface area contributed by atoms with Crippen molar-refractivity contribution in [2.45, 2.75) is 37.8 Å². The average Bonchev–Trinajstić information content (AvgIpc) is 2.94. The van der Waals surface area contributed by atoms with E-state index in [0.29, 0.717) is 23.3 Å². The second-order valence-electron chi connectivity index (χ2n) is 11.1. The molecule has 1 saturated carbocycles. The van der Waals surface area contributed by atoms with Gasteiger partial charge in [0, 0.05) is 17.1 Å². The first kappa shape index (κ1) is 28.9. The predicted octanol–water partition coefficient (Wildman–Crippen LogP) is 1.93. The second kappa shape index (κ2) is 10.4. The van der Waals surface area contributed by atoms with Gasteiger partial charge in [0.1, 0.15) is 28.6 Å². The van der Waals surface area contributed by atoms with Crippen molar-refractivity contribution in [1.82, 2.24) is 4.90 Å². The number of benzene rings is 2. The number of carbonyl (C=O) groups is 3. The predicted molar refractivity (Wildman–Crippen MR) is 153 cm³/mol. The topological polar surface area (TPSA) is 171 Å². The van der Waals surface area contributed by atoms with Crippen molar-refractivity contribution in [1.29, 1.82) is 0 Å². The fraction of sp³-hybridized carbons (Fsp3) is 0.344. The van der Waals surface area contributed by atoms with Gasteiger partial charge in [0.15, 0.2) is 11.4 Å². The number of amides is 1. The number of rotatable bonds is 4. The standard InChI is InChI=1S/C32H32N2O8/c1-5-16-12-17(9-6-15-7-10-19(42-4)11-8-15)26(35)23-20(16)13-18-14-21-25(34(2)3)28(37)24(31(33)40)30(39)32(21,41)29(38)22(18)27(23)36/h7-8,10-12,18,21,25,35-36,39,41H,5,13-14H2,1-4H3,(H2,33,40). The highest BCUT2D eigenvalue weighted by molar-refractivity contribution is 6.24. The molecule has 0 saturated heterocycles. The van der Waals surface area contributed by atoms with Crippen LogP contribution in [0.2, 0.25) is 0 Å². The largest absolute Gasteiger partial charge is 0.508 e. The van der Waals surface area contributed by atoms with Crippen LogP contribution in [0.15, 0.2) is 47.2 Å². The number of aliphatic hydroxyl groups excluding tert-OH is 2. The van der Waals surface area contributed by atoms with Gasteiger partial charge in [-0.1, -0.05) is 18.8 Å². The number of phenolic OH excluding ortho intramolecular Hbond substituents is 1. The van der Waals surface area contributed by atoms with Crippen molar-refractivity contribution in [3.8, 4) is 23.3 Å². The number of methoxy groups -OCH3 is 1. The van der Waals surface area contributed by atoms with Gasteiger partial charge in [0.05, 0.1) is 24.3 Å². The number of fused-ring (bicyclic) bond motifs is 3. The molecule has 2 aromatic rings. The van der Waals surface area contributed by atoms with Crippen molar-refractivity contribution in [2.75, 3.05) is 21.2 Å². The SMILES string of the molecule is CCc1cc(C#Cc2ccc(OC)cc2)c(O)c2c1CC1CC3C(N(C)C)C(=O)C(C(N)=O)=C(O)C3(O)C(=O)C1=C2O. The van der Waals surface area contributed by atoms with Gasteiger partial charge in [0.25, 0.3) is 5.91 Å². The Labute approximate surface area is 242 Å². The minimum Gasteiger partial charge on any atom is -0.508 e. The Balaban J connectivity index is 1.68. The minimum absolute atomic E-state index is 0.0321. The molecule has 0 spiro atoms. The van der Waals surface area contributed by atoms with E-state index in [0.717, 1.165) is 5.56 Å². The first-order chi connectivity index (χ1) is 19.9. The van der Waals surface area contributed by atoms with Gasteiger partial charge in [-0.3, -0.25) is 19.3 Å². The number of ketones is 2. The van der Waals surface area contributed by atoms with E-state index in [1.165, 1.54) is 4.90 Å². The second-order valence-corrected chi connectivity index (χ2v) is 11.1. The third-order valence-electron chi connectivity index (χ3n) is 8.63. The number of aliphatic hydroxyl groups is 3. The molecule has 5 rings (SSSR count). The molecule has 0 aliphatic heterocycles. The van der Waals surface area contributed by atoms with Gasteiger partial charge in [0.2, 0.25) is 5.78 Å². The molecule has 3 aliphatic carbocycles. The summed E-state index contributed by atoms with van der Waals surface area (Å²) >= 11 is 0. The Bertz CT molecular complexity index is 1660. The fourth-order valence-corrected chi connectivity index (χ4v) is 6.61. The summed E-state index contributed by atoms with van der Waals surface area (Å²) in [4.78, 5) is 40.9. The average molecular weight is 573 g/mol. The van der Waals surface area contributed by atoms with E-state index in [9.17, 15) is 34.8 Å². The Hall–Kier alpha value is -4.59. The Morgan fingerprint density at radius 3 is 2.38 bits per heavy atom. The number of hydrogen-bond acceptors (Lipinski definition) is 9. The highest BCUT2D eigenvalue weighted by Crippen LogP contribution is 2.53. The van der Waals surface area contributed by atoms with Crippen LogP contribution < -0.4 is 10.5 Å². The zero-order valence-corrected chi connectivity index (χ0v) is 23.7. The highest BCUT2D eigenvalue weighted by Gasteiger charge is 2.64. The first-order valence-electron chi connectivity index (χ1n) is 13.5. The smallest absolute Gasteiger partial charge is 0.255 e. The molecule has 10 heteroatoms. The van der Waals surface area contributed by atoms with Gasteiger partial charge in [-0.25, -0.2) is 0 Å². The van der Waals surface area contributed by atoms with Gasteiger partial charge in [-0.2, -0.15) is 0 Å². The van der Waals surface area contributed by atoms with E-state index in [2.05, 4.69) is 11.8 Å². The van der Waals surface area contributed by atoms with E-state index in [1.807, 2.05) is 6.92 Å². The maximum absolute atomic E-state index is 14.0. The molecule has 0 heterocycles. The lowest BCUT2D eigenvalue weighted by Crippen LogP contribution is -2.65. The van der Waals surface area contributed by atoms with Crippen LogP contribution in [0.1, 0.15) is 41.2 Å². The monoisotopic (exact) mass is 572 g/mol. The van der Waals surface area contributed by atoms with Gasteiger partial charge >= 0.3 is 0 Å². The molecular weight excluding hydrogens is 540 g/mol. The van der Waals surface area contributed by atoms with Crippen molar-refractivity contribution in [2.24, 2.45) is 17.6 Å². The van der Waals surface area contributed by atoms with Crippen LogP contribution >= 0.6 is 0 Å². The van der Waals surface area contributed by atoms with Crippen molar-refractivity contribution < 1.29 is 39.5 Å². The number of hydrogen-bond donors (Lipinski definition) is 5. The third-order valence-corrected chi connectivity index (χ3v) is 8.63. The van der Waals surface area contributed by atoms with E-state index in [1.54, 1.807) is 51.5 Å². The quantitative estimate of drug-likeness (QED) is 0.271. The fourth-order valence-electron chi connectivity index (χ4n) is 6.61. The van der Waals surface area contributed by atoms with Crippen LogP contribution in [-0.4, -0.2) is 75.6 Å². The number of nitrogens with zero attached hydrogens (tertiary/aromatic N) is 1. The molecule has 2 aromatic carbocycles. The van der Waals surface area contributed by atoms with Crippen LogP contribution in [0.4, 0.5) is 0 Å². The molecule has 42 heavy (non-hydrogen) atoms. The highest BCUT2D eigenvalue weighted by atomic mass is 16.5. The van der Waals surface area contributed by atoms with E-state index in [-0.39, 0.29) is 35.3 Å². The van der Waals surface area contributed by atoms with Crippen LogP contribution in [-0.2, 0) is 27.2 Å². The number of nitrogens with two attached hydrogens (primary N) is 1. The van der Waals surface area contributed by atoms with Crippen LogP contribution in [0, 0.1) is 23.7 Å². The molecule has 0 aromatic heterocycles. The van der Waals surface area contributed by atoms with E-state index < -0.39 is 58.0 Å². The van der Waals surface area contributed by atoms with Gasteiger partial charge in [-0.15, -0.1) is 0 Å². The minimum atomic E-state index is -2.68. The molecule has 0 radical (unpaired) electrons. The number of aryl methyl sites for hydroxylation is 1. The number of phenols is 1. The summed E-state index contributed by atoms with van der Waals surface area (Å²) < 4.78 is 5.17. The molecule has 218 valence electrons. The summed E-state index contributed by atoms with van der Waals surface area (Å²) in [6, 6.07) is 7.66. The summed E-state index contributed by atoms with van der Waals surface area (Å²) in [5, 5.41) is 45.6. The molecule has 1 amide bonds. The number of carbonyl (C=O) groups excluding carboxylic acids is 3. The Morgan fingerprint density at radius 1 is 1.14 bits per heavy atom. The zero-order chi connectivity index (χ0) is 30.7. The maximum Gasteiger partial charge on any atom is 0.255 e. The van der Waals surface area contributed by atoms with Crippen molar-refractivity contribution >= 4 is 23.2 Å². The molecular formula is C32H32N2O8. The van der Waals surface area contributed by atoms with E-state index in [4.69, 9.17) is 10.5 Å². The molecule has 4 unspecified atom stereocenters. The third kappa shape index (κ3) is 4.16. The Morgan fingerprint density at radius 2 is 1.81 bits per heavy atom. The van der Waals surface area contributed by atoms with Crippen LogP contribution in [0.3, 0.4) is 0 Å². The molecule has 10 nitrogen and oxygen atoms in total. The molecule has 0 bridgehead atoms. The maximum atomic E-state index is 14.0. The Kier molecular flexibility index (Phi) is 7.13. The lowest BCUT2D eigenvalue weighted by atomic mass is 9.57. The van der Waals surface area contributed by atoms with Crippen molar-refractivity contribution in [3.05, 3.63) is 75.1 Å². The molecule has 1 fully saturated rings. The first-order valence-corrected chi connectivity index (χ1v) is 13.5. The number of aromatic hydroxyl groups is 1. The number of ether oxygens (including phenoxy) is 1. The lowest BCUT2D eigenvalue weighted by molar-refractivity contribution is -0.153. The normalized spacial score (nSPS) is 25.0. The van der Waals surface area contributed by atoms with E-state index >= 15 is 0 Å². The molecule has 4 atom stereocenters. The van der Waals surface area contributed by atoms with Gasteiger partial charge in [-0.05, 0) is 80.7 Å². The summed E-state index contributed by atoms with van der Waals surface area (Å²) in [5.74, 6) is -0.231. The number of likely N-dealkylation sites (N-methyl/N-ethyl adjacent to an activating group) is 1. The van der Waals surface area contributed by atoms with Crippen LogP contribution in [0.25, 0.3) is 5.76 Å². The van der Waals surface area contributed by atoms with Gasteiger partial charge < -0.3 is 30.9 Å². The zero-order valence-electron chi connectivity index (χ0n) is 23.7. The summed E-state index contributed by atoms with van der Waals surface area (Å²) in [7, 11) is 4.69. The molecule has 6 N–H and O–H groups in total. The number of Topliss-reactive ketones (excluding diaryl/α,β-unsaturated/α-hetero) is 2. The van der Waals surface area contributed by atoms with Crippen molar-refractivity contribution in [3.63, 3.8) is 0 Å².